The summed E-state index contributed by atoms with van der Waals surface area (Å²) in [6.07, 6.45) is 1.85. The van der Waals surface area contributed by atoms with Crippen LogP contribution in [0.2, 0.25) is 0 Å². The molecule has 0 radical (unpaired) electrons. The zero-order chi connectivity index (χ0) is 12.8. The van der Waals surface area contributed by atoms with E-state index >= 15 is 0 Å². The van der Waals surface area contributed by atoms with Crippen LogP contribution >= 0.6 is 11.3 Å². The summed E-state index contributed by atoms with van der Waals surface area (Å²) in [4.78, 5) is 0. The average molecular weight is 264 g/mol. The monoisotopic (exact) mass is 264 g/mol. The van der Waals surface area contributed by atoms with E-state index in [0.29, 0.717) is 5.88 Å². The molecule has 2 aromatic heterocycles. The molecule has 18 heavy (non-hydrogen) atoms. The first kappa shape index (κ1) is 12.9. The van der Waals surface area contributed by atoms with E-state index in [2.05, 4.69) is 32.4 Å². The van der Waals surface area contributed by atoms with Crippen molar-refractivity contribution < 1.29 is 4.74 Å². The molecule has 0 aliphatic rings. The van der Waals surface area contributed by atoms with Gasteiger partial charge in [0.15, 0.2) is 0 Å². The summed E-state index contributed by atoms with van der Waals surface area (Å²) in [5, 5.41) is 12.3. The molecule has 0 aliphatic carbocycles. The van der Waals surface area contributed by atoms with Crippen molar-refractivity contribution in [2.24, 2.45) is 5.84 Å². The minimum atomic E-state index is 0.00306. The maximum Gasteiger partial charge on any atom is 0.233 e. The molecule has 0 fully saturated rings. The van der Waals surface area contributed by atoms with Gasteiger partial charge in [0, 0.05) is 6.07 Å². The van der Waals surface area contributed by atoms with Crippen LogP contribution in [0, 0.1) is 0 Å². The summed E-state index contributed by atoms with van der Waals surface area (Å²) in [6.45, 7) is 0. The Morgan fingerprint density at radius 3 is 2.83 bits per heavy atom. The van der Waals surface area contributed by atoms with E-state index in [1.54, 1.807) is 24.5 Å². The van der Waals surface area contributed by atoms with Crippen molar-refractivity contribution in [1.29, 1.82) is 0 Å². The Morgan fingerprint density at radius 2 is 2.28 bits per heavy atom. The standard InChI is InChI=1S/C12H16N4OS/c1-17-12-5-4-11(15-16-12)10(14-13)3-2-9-6-7-18-8-9/h4-8,10,14H,2-3,13H2,1H3. The molecule has 1 unspecified atom stereocenters. The van der Waals surface area contributed by atoms with Crippen molar-refractivity contribution in [2.75, 3.05) is 7.11 Å². The number of aryl methyl sites for hydroxylation is 1. The molecule has 3 N–H and O–H groups in total. The van der Waals surface area contributed by atoms with Crippen LogP contribution in [0.5, 0.6) is 5.88 Å². The molecule has 96 valence electrons. The molecule has 0 amide bonds. The maximum absolute atomic E-state index is 5.57. The molecule has 0 aliphatic heterocycles. The molecule has 0 aromatic carbocycles. The highest BCUT2D eigenvalue weighted by Gasteiger charge is 2.12. The molecule has 5 nitrogen and oxygen atoms in total. The summed E-state index contributed by atoms with van der Waals surface area (Å²) >= 11 is 1.70. The summed E-state index contributed by atoms with van der Waals surface area (Å²) in [5.41, 5.74) is 4.93. The molecule has 0 saturated heterocycles. The first-order chi connectivity index (χ1) is 8.83. The van der Waals surface area contributed by atoms with Crippen LogP contribution in [0.15, 0.2) is 29.0 Å². The van der Waals surface area contributed by atoms with Crippen molar-refractivity contribution in [3.05, 3.63) is 40.2 Å². The minimum absolute atomic E-state index is 0.00306. The number of hydrogen-bond acceptors (Lipinski definition) is 6. The van der Waals surface area contributed by atoms with Gasteiger partial charge in [0.1, 0.15) is 0 Å². The highest BCUT2D eigenvalue weighted by molar-refractivity contribution is 7.07. The Labute approximate surface area is 110 Å². The van der Waals surface area contributed by atoms with E-state index in [9.17, 15) is 0 Å². The minimum Gasteiger partial charge on any atom is -0.480 e. The van der Waals surface area contributed by atoms with Crippen molar-refractivity contribution in [1.82, 2.24) is 15.6 Å². The predicted molar refractivity (Wildman–Crippen MR) is 71.3 cm³/mol. The van der Waals surface area contributed by atoms with Crippen LogP contribution in [0.4, 0.5) is 0 Å². The van der Waals surface area contributed by atoms with Gasteiger partial charge < -0.3 is 4.74 Å². The first-order valence-electron chi connectivity index (χ1n) is 5.68. The molecule has 1 atom stereocenters. The Hall–Kier alpha value is -1.50. The molecule has 0 bridgehead atoms. The van der Waals surface area contributed by atoms with Gasteiger partial charge in [0.2, 0.25) is 5.88 Å². The number of methoxy groups -OCH3 is 1. The van der Waals surface area contributed by atoms with Crippen LogP contribution in [0.25, 0.3) is 0 Å². The van der Waals surface area contributed by atoms with Crippen molar-refractivity contribution >= 4 is 11.3 Å². The predicted octanol–water partition coefficient (Wildman–Crippen LogP) is 1.68. The molecule has 0 saturated carbocycles. The number of nitrogens with one attached hydrogen (secondary N) is 1. The number of aromatic nitrogens is 2. The Morgan fingerprint density at radius 1 is 1.39 bits per heavy atom. The maximum atomic E-state index is 5.57. The summed E-state index contributed by atoms with van der Waals surface area (Å²) in [7, 11) is 1.57. The van der Waals surface area contributed by atoms with Gasteiger partial charge in [-0.15, -0.1) is 5.10 Å². The van der Waals surface area contributed by atoms with Gasteiger partial charge in [-0.3, -0.25) is 11.3 Å². The molecular formula is C12H16N4OS. The highest BCUT2D eigenvalue weighted by atomic mass is 32.1. The summed E-state index contributed by atoms with van der Waals surface area (Å²) in [6, 6.07) is 5.79. The van der Waals surface area contributed by atoms with Gasteiger partial charge in [0.25, 0.3) is 0 Å². The van der Waals surface area contributed by atoms with Gasteiger partial charge in [-0.25, -0.2) is 0 Å². The lowest BCUT2D eigenvalue weighted by atomic mass is 10.1. The summed E-state index contributed by atoms with van der Waals surface area (Å²) in [5.74, 6) is 6.08. The number of thiophene rings is 1. The third-order valence-corrected chi connectivity index (χ3v) is 3.46. The van der Waals surface area contributed by atoms with Gasteiger partial charge in [-0.1, -0.05) is 0 Å². The Bertz CT molecular complexity index is 457. The van der Waals surface area contributed by atoms with E-state index < -0.39 is 0 Å². The lowest BCUT2D eigenvalue weighted by molar-refractivity contribution is 0.388. The van der Waals surface area contributed by atoms with E-state index in [0.717, 1.165) is 18.5 Å². The number of hydrazine groups is 1. The normalized spacial score (nSPS) is 12.3. The Kier molecular flexibility index (Phi) is 4.63. The van der Waals surface area contributed by atoms with Crippen molar-refractivity contribution in [3.8, 4) is 5.88 Å². The number of ether oxygens (including phenoxy) is 1. The number of hydrogen-bond donors (Lipinski definition) is 2. The average Bonchev–Trinajstić information content (AvgIpc) is 2.93. The van der Waals surface area contributed by atoms with Gasteiger partial charge in [-0.2, -0.15) is 16.4 Å². The molecule has 2 aromatic rings. The highest BCUT2D eigenvalue weighted by Crippen LogP contribution is 2.18. The number of rotatable bonds is 6. The van der Waals surface area contributed by atoms with Crippen molar-refractivity contribution in [3.63, 3.8) is 0 Å². The Balaban J connectivity index is 1.98. The second kappa shape index (κ2) is 6.44. The third-order valence-electron chi connectivity index (χ3n) is 2.73. The van der Waals surface area contributed by atoms with E-state index in [-0.39, 0.29) is 6.04 Å². The fourth-order valence-electron chi connectivity index (χ4n) is 1.69. The van der Waals surface area contributed by atoms with E-state index in [1.807, 2.05) is 6.07 Å². The van der Waals surface area contributed by atoms with Crippen LogP contribution < -0.4 is 16.0 Å². The van der Waals surface area contributed by atoms with Crippen molar-refractivity contribution in [2.45, 2.75) is 18.9 Å². The molecular weight excluding hydrogens is 248 g/mol. The van der Waals surface area contributed by atoms with Crippen LogP contribution in [-0.4, -0.2) is 17.3 Å². The van der Waals surface area contributed by atoms with Gasteiger partial charge >= 0.3 is 0 Å². The van der Waals surface area contributed by atoms with E-state index in [1.165, 1.54) is 5.56 Å². The quantitative estimate of drug-likeness (QED) is 0.613. The number of nitrogens with two attached hydrogens (primary N) is 1. The second-order valence-corrected chi connectivity index (χ2v) is 4.67. The smallest absolute Gasteiger partial charge is 0.233 e. The molecule has 2 heterocycles. The lowest BCUT2D eigenvalue weighted by Gasteiger charge is -2.14. The molecule has 6 heteroatoms. The molecule has 0 spiro atoms. The zero-order valence-corrected chi connectivity index (χ0v) is 11.0. The first-order valence-corrected chi connectivity index (χ1v) is 6.62. The SMILES string of the molecule is COc1ccc(C(CCc2ccsc2)NN)nn1. The largest absolute Gasteiger partial charge is 0.480 e. The van der Waals surface area contributed by atoms with Crippen LogP contribution in [0.1, 0.15) is 23.7 Å². The van der Waals surface area contributed by atoms with E-state index in [4.69, 9.17) is 10.6 Å². The van der Waals surface area contributed by atoms with Crippen LogP contribution in [-0.2, 0) is 6.42 Å². The second-order valence-electron chi connectivity index (χ2n) is 3.89. The fourth-order valence-corrected chi connectivity index (χ4v) is 2.39. The van der Waals surface area contributed by atoms with Gasteiger partial charge in [0.05, 0.1) is 18.8 Å². The zero-order valence-electron chi connectivity index (χ0n) is 10.2. The van der Waals surface area contributed by atoms with Gasteiger partial charge in [-0.05, 0) is 41.3 Å². The molecule has 2 rings (SSSR count). The van der Waals surface area contributed by atoms with Crippen LogP contribution in [0.3, 0.4) is 0 Å². The lowest BCUT2D eigenvalue weighted by Crippen LogP contribution is -2.29. The third kappa shape index (κ3) is 3.25. The summed E-state index contributed by atoms with van der Waals surface area (Å²) < 4.78 is 4.98. The fraction of sp³-hybridized carbons (Fsp3) is 0.333. The number of nitrogens with zero attached hydrogens (tertiary/aromatic N) is 2. The topological polar surface area (TPSA) is 73.1 Å².